The third-order valence-corrected chi connectivity index (χ3v) is 5.04. The Labute approximate surface area is 100 Å². The highest BCUT2D eigenvalue weighted by Gasteiger charge is 2.36. The van der Waals surface area contributed by atoms with E-state index in [1.165, 1.54) is 12.1 Å². The molecule has 2 N–H and O–H groups in total. The molecule has 1 aliphatic rings. The highest BCUT2D eigenvalue weighted by atomic mass is 32.2. The average molecular weight is 258 g/mol. The summed E-state index contributed by atoms with van der Waals surface area (Å²) in [6.45, 7) is 2.15. The molecule has 0 aliphatic carbocycles. The summed E-state index contributed by atoms with van der Waals surface area (Å²) in [4.78, 5) is 0. The largest absolute Gasteiger partial charge is 0.256 e. The Bertz CT molecular complexity index is 487. The lowest BCUT2D eigenvalue weighted by molar-refractivity contribution is 0.553. The molecule has 0 aromatic heterocycles. The van der Waals surface area contributed by atoms with Crippen molar-refractivity contribution in [1.82, 2.24) is 10.9 Å². The Hall–Kier alpha value is -0.980. The van der Waals surface area contributed by atoms with Crippen LogP contribution in [-0.4, -0.2) is 26.1 Å². The summed E-state index contributed by atoms with van der Waals surface area (Å²) in [7, 11) is -3.17. The molecule has 0 spiro atoms. The van der Waals surface area contributed by atoms with E-state index in [-0.39, 0.29) is 17.5 Å². The van der Waals surface area contributed by atoms with Crippen molar-refractivity contribution in [2.24, 2.45) is 0 Å². The summed E-state index contributed by atoms with van der Waals surface area (Å²) >= 11 is 0. The lowest BCUT2D eigenvalue weighted by atomic mass is 10.0. The van der Waals surface area contributed by atoms with Crippen LogP contribution in [-0.2, 0) is 9.84 Å². The Morgan fingerprint density at radius 1 is 1.35 bits per heavy atom. The minimum absolute atomic E-state index is 0.0873. The van der Waals surface area contributed by atoms with Gasteiger partial charge in [-0.1, -0.05) is 19.1 Å². The number of rotatable bonds is 3. The molecule has 94 valence electrons. The minimum Gasteiger partial charge on any atom is -0.256 e. The standard InChI is InChI=1S/C11H15FN2O2S/c1-2-17(15,16)11-10(7-13-14-11)8-3-5-9(12)6-4-8/h3-6,10-11,13-14H,2,7H2,1H3. The fraction of sp³-hybridized carbons (Fsp3) is 0.455. The number of benzene rings is 1. The molecule has 17 heavy (non-hydrogen) atoms. The van der Waals surface area contributed by atoms with Crippen molar-refractivity contribution in [2.45, 2.75) is 18.2 Å². The Balaban J connectivity index is 2.29. The van der Waals surface area contributed by atoms with Crippen LogP contribution in [0.15, 0.2) is 24.3 Å². The van der Waals surface area contributed by atoms with E-state index in [2.05, 4.69) is 10.9 Å². The second-order valence-corrected chi connectivity index (χ2v) is 6.47. The first kappa shape index (κ1) is 12.5. The number of hydrazine groups is 1. The fourth-order valence-corrected chi connectivity index (χ4v) is 3.38. The maximum atomic E-state index is 12.8. The van der Waals surface area contributed by atoms with Gasteiger partial charge in [-0.3, -0.25) is 5.43 Å². The molecule has 0 bridgehead atoms. The molecule has 1 heterocycles. The van der Waals surface area contributed by atoms with Crippen molar-refractivity contribution in [3.63, 3.8) is 0 Å². The highest BCUT2D eigenvalue weighted by molar-refractivity contribution is 7.92. The van der Waals surface area contributed by atoms with Crippen LogP contribution >= 0.6 is 0 Å². The predicted molar refractivity (Wildman–Crippen MR) is 63.5 cm³/mol. The summed E-state index contributed by atoms with van der Waals surface area (Å²) < 4.78 is 36.6. The topological polar surface area (TPSA) is 58.2 Å². The maximum Gasteiger partial charge on any atom is 0.167 e. The van der Waals surface area contributed by atoms with Gasteiger partial charge in [0.15, 0.2) is 9.84 Å². The van der Waals surface area contributed by atoms with Crippen LogP contribution in [0, 0.1) is 5.82 Å². The summed E-state index contributed by atoms with van der Waals surface area (Å²) in [6.07, 6.45) is 0. The van der Waals surface area contributed by atoms with Gasteiger partial charge in [-0.15, -0.1) is 0 Å². The SMILES string of the molecule is CCS(=O)(=O)C1NNCC1c1ccc(F)cc1. The van der Waals surface area contributed by atoms with Gasteiger partial charge in [-0.05, 0) is 17.7 Å². The van der Waals surface area contributed by atoms with Gasteiger partial charge in [-0.2, -0.15) is 0 Å². The Morgan fingerprint density at radius 3 is 2.59 bits per heavy atom. The normalized spacial score (nSPS) is 25.1. The molecule has 1 fully saturated rings. The van der Waals surface area contributed by atoms with Crippen LogP contribution in [0.2, 0.25) is 0 Å². The maximum absolute atomic E-state index is 12.8. The van der Waals surface area contributed by atoms with Crippen molar-refractivity contribution in [1.29, 1.82) is 0 Å². The molecule has 4 nitrogen and oxygen atoms in total. The molecule has 2 rings (SSSR count). The van der Waals surface area contributed by atoms with E-state index in [0.29, 0.717) is 6.54 Å². The molecule has 0 amide bonds. The Kier molecular flexibility index (Phi) is 3.46. The van der Waals surface area contributed by atoms with Gasteiger partial charge in [0.05, 0.1) is 0 Å². The molecule has 0 saturated carbocycles. The first-order valence-electron chi connectivity index (χ1n) is 5.50. The third kappa shape index (κ3) is 2.48. The highest BCUT2D eigenvalue weighted by Crippen LogP contribution is 2.26. The Morgan fingerprint density at radius 2 is 2.00 bits per heavy atom. The summed E-state index contributed by atoms with van der Waals surface area (Å²) in [5, 5.41) is -0.641. The van der Waals surface area contributed by atoms with E-state index < -0.39 is 15.2 Å². The van der Waals surface area contributed by atoms with Crippen LogP contribution < -0.4 is 10.9 Å². The van der Waals surface area contributed by atoms with Gasteiger partial charge in [-0.25, -0.2) is 18.2 Å². The smallest absolute Gasteiger partial charge is 0.167 e. The van der Waals surface area contributed by atoms with Crippen LogP contribution in [0.1, 0.15) is 18.4 Å². The number of hydrogen-bond donors (Lipinski definition) is 2. The quantitative estimate of drug-likeness (QED) is 0.841. The van der Waals surface area contributed by atoms with Gasteiger partial charge >= 0.3 is 0 Å². The predicted octanol–water partition coefficient (Wildman–Crippen LogP) is 0.778. The zero-order valence-electron chi connectivity index (χ0n) is 9.48. The lowest BCUT2D eigenvalue weighted by Crippen LogP contribution is -2.39. The summed E-state index contributed by atoms with van der Waals surface area (Å²) in [5.41, 5.74) is 6.46. The van der Waals surface area contributed by atoms with Crippen molar-refractivity contribution in [3.05, 3.63) is 35.6 Å². The van der Waals surface area contributed by atoms with E-state index in [9.17, 15) is 12.8 Å². The average Bonchev–Trinajstić information content (AvgIpc) is 2.80. The van der Waals surface area contributed by atoms with Crippen LogP contribution in [0.25, 0.3) is 0 Å². The number of halogens is 1. The first-order chi connectivity index (χ1) is 8.04. The van der Waals surface area contributed by atoms with Gasteiger partial charge in [0.2, 0.25) is 0 Å². The molecule has 1 aromatic rings. The van der Waals surface area contributed by atoms with Gasteiger partial charge in [0, 0.05) is 18.2 Å². The lowest BCUT2D eigenvalue weighted by Gasteiger charge is -2.18. The van der Waals surface area contributed by atoms with E-state index in [1.807, 2.05) is 0 Å². The second-order valence-electron chi connectivity index (χ2n) is 4.06. The third-order valence-electron chi connectivity index (χ3n) is 3.02. The van der Waals surface area contributed by atoms with E-state index in [4.69, 9.17) is 0 Å². The number of nitrogens with one attached hydrogen (secondary N) is 2. The molecule has 6 heteroatoms. The first-order valence-corrected chi connectivity index (χ1v) is 7.21. The van der Waals surface area contributed by atoms with Crippen molar-refractivity contribution in [2.75, 3.05) is 12.3 Å². The summed E-state index contributed by atoms with van der Waals surface area (Å²) in [6, 6.07) is 5.96. The molecular formula is C11H15FN2O2S. The molecule has 2 unspecified atom stereocenters. The van der Waals surface area contributed by atoms with E-state index in [0.717, 1.165) is 5.56 Å². The summed E-state index contributed by atoms with van der Waals surface area (Å²) in [5.74, 6) is -0.410. The minimum atomic E-state index is -3.17. The molecule has 0 radical (unpaired) electrons. The van der Waals surface area contributed by atoms with Crippen LogP contribution in [0.4, 0.5) is 4.39 Å². The van der Waals surface area contributed by atoms with Gasteiger partial charge in [0.25, 0.3) is 0 Å². The molecule has 1 aromatic carbocycles. The van der Waals surface area contributed by atoms with Crippen molar-refractivity contribution >= 4 is 9.84 Å². The monoisotopic (exact) mass is 258 g/mol. The molecule has 1 aliphatic heterocycles. The van der Waals surface area contributed by atoms with E-state index >= 15 is 0 Å². The van der Waals surface area contributed by atoms with Gasteiger partial charge in [0.1, 0.15) is 11.2 Å². The molecule has 1 saturated heterocycles. The fourth-order valence-electron chi connectivity index (χ4n) is 2.00. The van der Waals surface area contributed by atoms with Crippen molar-refractivity contribution < 1.29 is 12.8 Å². The second kappa shape index (κ2) is 4.72. The van der Waals surface area contributed by atoms with Crippen LogP contribution in [0.5, 0.6) is 0 Å². The zero-order valence-corrected chi connectivity index (χ0v) is 10.3. The molecular weight excluding hydrogens is 243 g/mol. The van der Waals surface area contributed by atoms with Crippen molar-refractivity contribution in [3.8, 4) is 0 Å². The number of hydrogen-bond acceptors (Lipinski definition) is 4. The number of sulfone groups is 1. The molecule has 2 atom stereocenters. The van der Waals surface area contributed by atoms with Crippen LogP contribution in [0.3, 0.4) is 0 Å². The van der Waals surface area contributed by atoms with Gasteiger partial charge < -0.3 is 0 Å². The van der Waals surface area contributed by atoms with E-state index in [1.54, 1.807) is 19.1 Å². The zero-order chi connectivity index (χ0) is 12.5.